The highest BCUT2D eigenvalue weighted by Crippen LogP contribution is 2.35. The van der Waals surface area contributed by atoms with Gasteiger partial charge in [-0.15, -0.1) is 0 Å². The van der Waals surface area contributed by atoms with Gasteiger partial charge in [0.25, 0.3) is 0 Å². The summed E-state index contributed by atoms with van der Waals surface area (Å²) in [5.41, 5.74) is 1.06. The Hall–Kier alpha value is -2.30. The van der Waals surface area contributed by atoms with Gasteiger partial charge in [0, 0.05) is 16.1 Å². The van der Waals surface area contributed by atoms with E-state index in [-0.39, 0.29) is 23.9 Å². The van der Waals surface area contributed by atoms with E-state index in [1.54, 1.807) is 42.5 Å². The third-order valence-electron chi connectivity index (χ3n) is 3.33. The molecule has 0 fully saturated rings. The Morgan fingerprint density at radius 2 is 2.00 bits per heavy atom. The van der Waals surface area contributed by atoms with Gasteiger partial charge in [-0.25, -0.2) is 0 Å². The number of ketones is 2. The molecule has 0 saturated carbocycles. The van der Waals surface area contributed by atoms with Crippen molar-refractivity contribution in [2.45, 2.75) is 6.92 Å². The van der Waals surface area contributed by atoms with Crippen LogP contribution in [-0.2, 0) is 4.79 Å². The largest absolute Gasteiger partial charge is 0.486 e. The van der Waals surface area contributed by atoms with Crippen molar-refractivity contribution in [2.75, 3.05) is 6.61 Å². The van der Waals surface area contributed by atoms with E-state index >= 15 is 0 Å². The van der Waals surface area contributed by atoms with Gasteiger partial charge in [0.15, 0.2) is 11.5 Å². The number of allylic oxidation sites excluding steroid dienone is 1. The second kappa shape index (κ2) is 6.67. The SMILES string of the molecule is CC(=O)COc1ccc2c(c1)OC(=Cc1ccc(Cl)cc1Cl)C2=O. The van der Waals surface area contributed by atoms with Crippen molar-refractivity contribution in [3.05, 3.63) is 63.3 Å². The number of rotatable bonds is 4. The van der Waals surface area contributed by atoms with E-state index in [4.69, 9.17) is 32.7 Å². The van der Waals surface area contributed by atoms with Crippen molar-refractivity contribution in [2.24, 2.45) is 0 Å². The Labute approximate surface area is 148 Å². The fourth-order valence-electron chi connectivity index (χ4n) is 2.20. The van der Waals surface area contributed by atoms with Crippen LogP contribution in [-0.4, -0.2) is 18.2 Å². The summed E-state index contributed by atoms with van der Waals surface area (Å²) >= 11 is 12.0. The smallest absolute Gasteiger partial charge is 0.231 e. The van der Waals surface area contributed by atoms with E-state index in [9.17, 15) is 9.59 Å². The molecule has 122 valence electrons. The molecule has 0 unspecified atom stereocenters. The maximum Gasteiger partial charge on any atom is 0.231 e. The van der Waals surface area contributed by atoms with Crippen molar-refractivity contribution in [3.63, 3.8) is 0 Å². The highest BCUT2D eigenvalue weighted by molar-refractivity contribution is 6.35. The van der Waals surface area contributed by atoms with E-state index in [1.807, 2.05) is 0 Å². The van der Waals surface area contributed by atoms with Gasteiger partial charge in [0.2, 0.25) is 5.78 Å². The van der Waals surface area contributed by atoms with Gasteiger partial charge >= 0.3 is 0 Å². The van der Waals surface area contributed by atoms with E-state index < -0.39 is 0 Å². The monoisotopic (exact) mass is 362 g/mol. The quantitative estimate of drug-likeness (QED) is 0.747. The van der Waals surface area contributed by atoms with Crippen LogP contribution in [0.1, 0.15) is 22.8 Å². The molecule has 2 aromatic carbocycles. The molecule has 3 rings (SSSR count). The summed E-state index contributed by atoms with van der Waals surface area (Å²) in [6, 6.07) is 9.80. The van der Waals surface area contributed by atoms with Crippen LogP contribution in [0.15, 0.2) is 42.2 Å². The maximum absolute atomic E-state index is 12.4. The molecule has 6 heteroatoms. The lowest BCUT2D eigenvalue weighted by Crippen LogP contribution is -2.06. The molecule has 0 bridgehead atoms. The third kappa shape index (κ3) is 3.45. The lowest BCUT2D eigenvalue weighted by Gasteiger charge is -2.05. The zero-order valence-electron chi connectivity index (χ0n) is 12.6. The van der Waals surface area contributed by atoms with Crippen molar-refractivity contribution in [1.82, 2.24) is 0 Å². The molecule has 0 saturated heterocycles. The topological polar surface area (TPSA) is 52.6 Å². The number of halogens is 2. The lowest BCUT2D eigenvalue weighted by atomic mass is 10.1. The van der Waals surface area contributed by atoms with Gasteiger partial charge in [-0.1, -0.05) is 29.3 Å². The Balaban J connectivity index is 1.87. The van der Waals surface area contributed by atoms with E-state index in [1.165, 1.54) is 6.92 Å². The first-order valence-electron chi connectivity index (χ1n) is 7.09. The zero-order valence-corrected chi connectivity index (χ0v) is 14.1. The fraction of sp³-hybridized carbons (Fsp3) is 0.111. The number of hydrogen-bond acceptors (Lipinski definition) is 4. The predicted molar refractivity (Wildman–Crippen MR) is 92.0 cm³/mol. The van der Waals surface area contributed by atoms with Gasteiger partial charge < -0.3 is 9.47 Å². The molecule has 24 heavy (non-hydrogen) atoms. The van der Waals surface area contributed by atoms with Crippen molar-refractivity contribution >= 4 is 40.8 Å². The molecule has 2 aromatic rings. The molecule has 0 N–H and O–H groups in total. The molecule has 1 heterocycles. The van der Waals surface area contributed by atoms with Crippen LogP contribution < -0.4 is 9.47 Å². The summed E-state index contributed by atoms with van der Waals surface area (Å²) in [5.74, 6) is 0.678. The molecule has 1 aliphatic rings. The summed E-state index contributed by atoms with van der Waals surface area (Å²) < 4.78 is 10.9. The molecule has 0 amide bonds. The summed E-state index contributed by atoms with van der Waals surface area (Å²) in [5, 5.41) is 0.934. The number of fused-ring (bicyclic) bond motifs is 1. The van der Waals surface area contributed by atoms with Crippen molar-refractivity contribution in [3.8, 4) is 11.5 Å². The Morgan fingerprint density at radius 3 is 2.71 bits per heavy atom. The highest BCUT2D eigenvalue weighted by atomic mass is 35.5. The first kappa shape index (κ1) is 16.6. The Morgan fingerprint density at radius 1 is 1.21 bits per heavy atom. The minimum absolute atomic E-state index is 0.0319. The summed E-state index contributed by atoms with van der Waals surface area (Å²) in [4.78, 5) is 23.4. The zero-order chi connectivity index (χ0) is 17.3. The molecular weight excluding hydrogens is 351 g/mol. The number of ether oxygens (including phenoxy) is 2. The molecule has 0 spiro atoms. The van der Waals surface area contributed by atoms with Gasteiger partial charge in [-0.2, -0.15) is 0 Å². The molecule has 4 nitrogen and oxygen atoms in total. The number of carbonyl (C=O) groups is 2. The van der Waals surface area contributed by atoms with Crippen LogP contribution in [0.3, 0.4) is 0 Å². The van der Waals surface area contributed by atoms with Crippen LogP contribution in [0.4, 0.5) is 0 Å². The molecular formula is C18H12Cl2O4. The van der Waals surface area contributed by atoms with Gasteiger partial charge in [0.1, 0.15) is 18.1 Å². The van der Waals surface area contributed by atoms with Crippen molar-refractivity contribution in [1.29, 1.82) is 0 Å². The summed E-state index contributed by atoms with van der Waals surface area (Å²) in [6.07, 6.45) is 1.57. The van der Waals surface area contributed by atoms with Gasteiger partial charge in [0.05, 0.1) is 5.56 Å². The normalized spacial score (nSPS) is 14.5. The second-order valence-electron chi connectivity index (χ2n) is 5.25. The third-order valence-corrected chi connectivity index (χ3v) is 3.90. The number of carbonyl (C=O) groups excluding carboxylic acids is 2. The predicted octanol–water partition coefficient (Wildman–Crippen LogP) is 4.58. The minimum Gasteiger partial charge on any atom is -0.486 e. The van der Waals surface area contributed by atoms with E-state index in [0.29, 0.717) is 32.7 Å². The first-order chi connectivity index (χ1) is 11.4. The summed E-state index contributed by atoms with van der Waals surface area (Å²) in [6.45, 7) is 1.40. The number of benzene rings is 2. The van der Waals surface area contributed by atoms with Crippen LogP contribution in [0.5, 0.6) is 11.5 Å². The Kier molecular flexibility index (Phi) is 4.60. The lowest BCUT2D eigenvalue weighted by molar-refractivity contribution is -0.118. The molecule has 0 aromatic heterocycles. The van der Waals surface area contributed by atoms with E-state index in [0.717, 1.165) is 0 Å². The van der Waals surface area contributed by atoms with Crippen LogP contribution in [0.25, 0.3) is 6.08 Å². The average Bonchev–Trinajstić information content (AvgIpc) is 2.84. The number of Topliss-reactive ketones (excluding diaryl/α,β-unsaturated/α-hetero) is 2. The van der Waals surface area contributed by atoms with Crippen LogP contribution in [0, 0.1) is 0 Å². The van der Waals surface area contributed by atoms with Crippen LogP contribution >= 0.6 is 23.2 Å². The average molecular weight is 363 g/mol. The molecule has 0 aliphatic carbocycles. The number of hydrogen-bond donors (Lipinski definition) is 0. The highest BCUT2D eigenvalue weighted by Gasteiger charge is 2.28. The van der Waals surface area contributed by atoms with Gasteiger partial charge in [-0.3, -0.25) is 9.59 Å². The fourth-order valence-corrected chi connectivity index (χ4v) is 2.66. The Bertz CT molecular complexity index is 871. The standard InChI is InChI=1S/C18H12Cl2O4/c1-10(21)9-23-13-4-5-14-16(8-13)24-17(18(14)22)6-11-2-3-12(19)7-15(11)20/h2-8H,9H2,1H3. The van der Waals surface area contributed by atoms with Crippen molar-refractivity contribution < 1.29 is 19.1 Å². The maximum atomic E-state index is 12.4. The van der Waals surface area contributed by atoms with Gasteiger partial charge in [-0.05, 0) is 42.8 Å². The molecule has 1 aliphatic heterocycles. The second-order valence-corrected chi connectivity index (χ2v) is 6.10. The molecule has 0 atom stereocenters. The minimum atomic E-state index is -0.242. The van der Waals surface area contributed by atoms with Crippen LogP contribution in [0.2, 0.25) is 10.0 Å². The first-order valence-corrected chi connectivity index (χ1v) is 7.85. The summed E-state index contributed by atoms with van der Waals surface area (Å²) in [7, 11) is 0. The molecule has 0 radical (unpaired) electrons. The van der Waals surface area contributed by atoms with E-state index in [2.05, 4.69) is 0 Å².